The number of nitrogens with zero attached hydrogens (tertiary/aromatic N) is 4. The van der Waals surface area contributed by atoms with Crippen molar-refractivity contribution in [3.05, 3.63) is 75.2 Å². The number of ketones is 1. The van der Waals surface area contributed by atoms with Gasteiger partial charge >= 0.3 is 5.69 Å². The van der Waals surface area contributed by atoms with Crippen LogP contribution in [0.25, 0.3) is 27.4 Å². The molecule has 31 heavy (non-hydrogen) atoms. The van der Waals surface area contributed by atoms with Gasteiger partial charge in [-0.3, -0.25) is 9.36 Å². The van der Waals surface area contributed by atoms with Crippen LogP contribution in [0.3, 0.4) is 0 Å². The molecule has 0 radical (unpaired) electrons. The Hall–Kier alpha value is -3.52. The highest BCUT2D eigenvalue weighted by atomic mass is 32.1. The number of Topliss-reactive ketones (excluding diaryl/α,β-unsaturated/α-hetero) is 1. The molecule has 1 aliphatic carbocycles. The number of furan rings is 1. The van der Waals surface area contributed by atoms with E-state index in [-0.39, 0.29) is 18.0 Å². The molecule has 0 saturated carbocycles. The van der Waals surface area contributed by atoms with Gasteiger partial charge in [0, 0.05) is 10.4 Å². The number of carbonyl (C=O) groups excluding carboxylic acids is 1. The summed E-state index contributed by atoms with van der Waals surface area (Å²) in [5.41, 5.74) is 1.99. The number of hydrogen-bond donors (Lipinski definition) is 0. The molecule has 0 unspecified atom stereocenters. The molecule has 1 aromatic carbocycles. The van der Waals surface area contributed by atoms with Gasteiger partial charge in [0.15, 0.2) is 17.2 Å². The molecule has 0 spiro atoms. The number of benzene rings is 1. The maximum absolute atomic E-state index is 13.5. The second-order valence-corrected chi connectivity index (χ2v) is 8.78. The van der Waals surface area contributed by atoms with Crippen LogP contribution < -0.4 is 5.69 Å². The standard InChI is InChI=1S/C23H18N4O3S/c28-16(14-7-2-1-3-8-14)13-26-22-19(15-9-4-5-11-18(15)31-22)21-24-20(17-10-6-12-30-17)25-27(21)23(26)29/h1-3,6-8,10,12H,4-5,9,11,13H2. The molecule has 5 aromatic rings. The lowest BCUT2D eigenvalue weighted by molar-refractivity contribution is 0.0972. The highest BCUT2D eigenvalue weighted by Crippen LogP contribution is 2.38. The van der Waals surface area contributed by atoms with Crippen molar-refractivity contribution in [1.29, 1.82) is 0 Å². The molecular weight excluding hydrogens is 412 g/mol. The van der Waals surface area contributed by atoms with Crippen molar-refractivity contribution in [2.45, 2.75) is 32.2 Å². The van der Waals surface area contributed by atoms with Gasteiger partial charge in [-0.1, -0.05) is 30.3 Å². The summed E-state index contributed by atoms with van der Waals surface area (Å²) in [6.07, 6.45) is 5.72. The van der Waals surface area contributed by atoms with Gasteiger partial charge in [0.1, 0.15) is 4.83 Å². The first kappa shape index (κ1) is 18.3. The maximum Gasteiger partial charge on any atom is 0.352 e. The van der Waals surface area contributed by atoms with E-state index in [9.17, 15) is 9.59 Å². The van der Waals surface area contributed by atoms with Gasteiger partial charge in [0.25, 0.3) is 0 Å². The van der Waals surface area contributed by atoms with E-state index in [1.807, 2.05) is 18.2 Å². The lowest BCUT2D eigenvalue weighted by atomic mass is 9.97. The smallest absolute Gasteiger partial charge is 0.352 e. The molecule has 0 saturated heterocycles. The molecule has 154 valence electrons. The van der Waals surface area contributed by atoms with E-state index >= 15 is 0 Å². The lowest BCUT2D eigenvalue weighted by Crippen LogP contribution is -2.30. The van der Waals surface area contributed by atoms with Gasteiger partial charge in [-0.05, 0) is 43.4 Å². The van der Waals surface area contributed by atoms with Crippen LogP contribution in [0.5, 0.6) is 0 Å². The first-order valence-electron chi connectivity index (χ1n) is 10.3. The van der Waals surface area contributed by atoms with Crippen molar-refractivity contribution in [3.8, 4) is 11.6 Å². The van der Waals surface area contributed by atoms with E-state index in [4.69, 9.17) is 4.42 Å². The fourth-order valence-corrected chi connectivity index (χ4v) is 5.67. The van der Waals surface area contributed by atoms with Gasteiger partial charge in [0.2, 0.25) is 5.82 Å². The van der Waals surface area contributed by atoms with Gasteiger partial charge in [0.05, 0.1) is 18.2 Å². The minimum Gasteiger partial charge on any atom is -0.461 e. The minimum absolute atomic E-state index is 0.0371. The Morgan fingerprint density at radius 2 is 1.94 bits per heavy atom. The Labute approximate surface area is 180 Å². The fourth-order valence-electron chi connectivity index (χ4n) is 4.29. The summed E-state index contributed by atoms with van der Waals surface area (Å²) in [7, 11) is 0. The second kappa shape index (κ2) is 7.02. The number of fused-ring (bicyclic) bond motifs is 5. The van der Waals surface area contributed by atoms with Crippen molar-refractivity contribution >= 4 is 33.0 Å². The maximum atomic E-state index is 13.5. The first-order chi connectivity index (χ1) is 15.2. The van der Waals surface area contributed by atoms with E-state index < -0.39 is 0 Å². The van der Waals surface area contributed by atoms with Crippen molar-refractivity contribution in [3.63, 3.8) is 0 Å². The van der Waals surface area contributed by atoms with Crippen LogP contribution in [0.2, 0.25) is 0 Å². The topological polar surface area (TPSA) is 82.4 Å². The molecule has 8 heteroatoms. The van der Waals surface area contributed by atoms with E-state index in [2.05, 4.69) is 10.1 Å². The molecule has 0 aliphatic heterocycles. The molecule has 1 aliphatic rings. The molecule has 6 rings (SSSR count). The molecule has 4 aromatic heterocycles. The normalized spacial score (nSPS) is 13.7. The van der Waals surface area contributed by atoms with Gasteiger partial charge in [-0.2, -0.15) is 4.52 Å². The van der Waals surface area contributed by atoms with Crippen LogP contribution in [0.15, 0.2) is 57.9 Å². The second-order valence-electron chi connectivity index (χ2n) is 7.70. The summed E-state index contributed by atoms with van der Waals surface area (Å²) >= 11 is 1.61. The van der Waals surface area contributed by atoms with Crippen LogP contribution in [0.1, 0.15) is 33.6 Å². The Morgan fingerprint density at radius 1 is 1.10 bits per heavy atom. The van der Waals surface area contributed by atoms with Crippen LogP contribution in [-0.2, 0) is 19.4 Å². The van der Waals surface area contributed by atoms with Crippen LogP contribution >= 0.6 is 11.3 Å². The zero-order chi connectivity index (χ0) is 20.9. The monoisotopic (exact) mass is 430 g/mol. The summed E-state index contributed by atoms with van der Waals surface area (Å²) in [5, 5.41) is 5.38. The summed E-state index contributed by atoms with van der Waals surface area (Å²) in [4.78, 5) is 33.2. The highest BCUT2D eigenvalue weighted by Gasteiger charge is 2.25. The average molecular weight is 430 g/mol. The first-order valence-corrected chi connectivity index (χ1v) is 11.1. The number of carbonyl (C=O) groups is 1. The van der Waals surface area contributed by atoms with Crippen molar-refractivity contribution in [2.75, 3.05) is 0 Å². The third-order valence-corrected chi connectivity index (χ3v) is 7.09. The Kier molecular flexibility index (Phi) is 4.14. The highest BCUT2D eigenvalue weighted by molar-refractivity contribution is 7.19. The number of aromatic nitrogens is 4. The van der Waals surface area contributed by atoms with Crippen LogP contribution in [-0.4, -0.2) is 24.9 Å². The number of aryl methyl sites for hydroxylation is 2. The summed E-state index contributed by atoms with van der Waals surface area (Å²) in [6, 6.07) is 12.6. The quantitative estimate of drug-likeness (QED) is 0.401. The molecule has 4 heterocycles. The molecule has 7 nitrogen and oxygen atoms in total. The Balaban J connectivity index is 1.62. The van der Waals surface area contributed by atoms with E-state index in [0.717, 1.165) is 35.9 Å². The molecule has 0 fully saturated rings. The van der Waals surface area contributed by atoms with Crippen LogP contribution in [0.4, 0.5) is 0 Å². The predicted octanol–water partition coefficient (Wildman–Crippen LogP) is 4.13. The van der Waals surface area contributed by atoms with Crippen molar-refractivity contribution in [2.24, 2.45) is 0 Å². The Bertz CT molecular complexity index is 1490. The average Bonchev–Trinajstić information content (AvgIpc) is 3.54. The molecular formula is C23H18N4O3S. The zero-order valence-corrected chi connectivity index (χ0v) is 17.4. The van der Waals surface area contributed by atoms with Gasteiger partial charge in [-0.15, -0.1) is 16.4 Å². The van der Waals surface area contributed by atoms with E-state index in [1.54, 1.807) is 46.4 Å². The Morgan fingerprint density at radius 3 is 2.74 bits per heavy atom. The SMILES string of the molecule is O=C(Cn1c(=O)n2nc(-c3ccco3)nc2c2c3c(sc21)CCCC3)c1ccccc1. The van der Waals surface area contributed by atoms with Crippen molar-refractivity contribution < 1.29 is 9.21 Å². The van der Waals surface area contributed by atoms with E-state index in [1.165, 1.54) is 15.0 Å². The summed E-state index contributed by atoms with van der Waals surface area (Å²) in [6.45, 7) is -0.0371. The van der Waals surface area contributed by atoms with Crippen molar-refractivity contribution in [1.82, 2.24) is 19.2 Å². The third kappa shape index (κ3) is 2.86. The lowest BCUT2D eigenvalue weighted by Gasteiger charge is -2.11. The number of rotatable bonds is 4. The largest absolute Gasteiger partial charge is 0.461 e. The number of hydrogen-bond acceptors (Lipinski definition) is 6. The van der Waals surface area contributed by atoms with E-state index in [0.29, 0.717) is 22.8 Å². The molecule has 0 atom stereocenters. The molecule has 0 amide bonds. The minimum atomic E-state index is -0.365. The van der Waals surface area contributed by atoms with Gasteiger partial charge < -0.3 is 4.42 Å². The predicted molar refractivity (Wildman–Crippen MR) is 118 cm³/mol. The summed E-state index contributed by atoms with van der Waals surface area (Å²) in [5.74, 6) is 0.764. The summed E-state index contributed by atoms with van der Waals surface area (Å²) < 4.78 is 8.33. The number of thiophene rings is 1. The zero-order valence-electron chi connectivity index (χ0n) is 16.6. The van der Waals surface area contributed by atoms with Gasteiger partial charge in [-0.25, -0.2) is 9.78 Å². The molecule has 0 bridgehead atoms. The van der Waals surface area contributed by atoms with Crippen LogP contribution in [0, 0.1) is 0 Å². The third-order valence-electron chi connectivity index (χ3n) is 5.78. The molecule has 0 N–H and O–H groups in total. The fraction of sp³-hybridized carbons (Fsp3) is 0.217.